The Kier molecular flexibility index (Phi) is 6.63. The third-order valence-electron chi connectivity index (χ3n) is 6.85. The number of hydrogen-bond donors (Lipinski definition) is 1. The van der Waals surface area contributed by atoms with E-state index in [-0.39, 0.29) is 36.6 Å². The molecule has 0 spiro atoms. The Labute approximate surface area is 208 Å². The Balaban J connectivity index is 1.33. The molecular weight excluding hydrogens is 465 g/mol. The highest BCUT2D eigenvalue weighted by molar-refractivity contribution is 6.00. The number of hydrogen-bond acceptors (Lipinski definition) is 6. The highest BCUT2D eigenvalue weighted by atomic mass is 19.1. The summed E-state index contributed by atoms with van der Waals surface area (Å²) in [6.07, 6.45) is 5.88. The number of aromatic nitrogens is 1. The average molecular weight is 494 g/mol. The van der Waals surface area contributed by atoms with Crippen LogP contribution in [0, 0.1) is 11.7 Å². The Bertz CT molecular complexity index is 1310. The number of anilines is 1. The van der Waals surface area contributed by atoms with Gasteiger partial charge in [-0.25, -0.2) is 4.39 Å². The van der Waals surface area contributed by atoms with Crippen molar-refractivity contribution in [2.24, 2.45) is 5.92 Å². The monoisotopic (exact) mass is 493 g/mol. The number of rotatable bonds is 7. The van der Waals surface area contributed by atoms with Gasteiger partial charge in [0, 0.05) is 48.4 Å². The largest absolute Gasteiger partial charge is 0.493 e. The summed E-state index contributed by atoms with van der Waals surface area (Å²) in [5.74, 6) is 0.0626. The van der Waals surface area contributed by atoms with Crippen LogP contribution < -0.4 is 24.4 Å². The fraction of sp³-hybridized carbons (Fsp3) is 0.370. The first kappa shape index (κ1) is 23.8. The molecule has 1 N–H and O–H groups in total. The van der Waals surface area contributed by atoms with Crippen molar-refractivity contribution >= 4 is 28.4 Å². The van der Waals surface area contributed by atoms with Crippen LogP contribution in [0.4, 0.5) is 10.1 Å². The molecule has 2 amide bonds. The van der Waals surface area contributed by atoms with Crippen molar-refractivity contribution in [2.75, 3.05) is 25.7 Å². The minimum absolute atomic E-state index is 0.00297. The van der Waals surface area contributed by atoms with Crippen LogP contribution in [0.3, 0.4) is 0 Å². The lowest BCUT2D eigenvalue weighted by Crippen LogP contribution is -2.38. The van der Waals surface area contributed by atoms with Gasteiger partial charge in [-0.15, -0.1) is 0 Å². The van der Waals surface area contributed by atoms with Gasteiger partial charge < -0.3 is 24.4 Å². The van der Waals surface area contributed by atoms with Crippen LogP contribution in [0.25, 0.3) is 10.9 Å². The van der Waals surface area contributed by atoms with E-state index >= 15 is 4.39 Å². The minimum Gasteiger partial charge on any atom is -0.493 e. The number of methoxy groups -OCH3 is 2. The number of pyridine rings is 1. The maximum absolute atomic E-state index is 15.1. The van der Waals surface area contributed by atoms with E-state index in [9.17, 15) is 9.59 Å². The second-order valence-corrected chi connectivity index (χ2v) is 9.15. The van der Waals surface area contributed by atoms with Crippen LogP contribution in [-0.4, -0.2) is 43.6 Å². The molecule has 188 valence electrons. The highest BCUT2D eigenvalue weighted by Gasteiger charge is 2.36. The van der Waals surface area contributed by atoms with Gasteiger partial charge in [-0.05, 0) is 37.1 Å². The lowest BCUT2D eigenvalue weighted by molar-refractivity contribution is -0.126. The van der Waals surface area contributed by atoms with E-state index in [0.29, 0.717) is 33.8 Å². The van der Waals surface area contributed by atoms with Gasteiger partial charge in [0.15, 0.2) is 23.1 Å². The molecule has 0 bridgehead atoms. The number of carbonyl (C=O) groups excluding carboxylic acids is 2. The molecule has 3 aromatic rings. The fourth-order valence-electron chi connectivity index (χ4n) is 4.92. The van der Waals surface area contributed by atoms with E-state index in [4.69, 9.17) is 14.2 Å². The first-order valence-electron chi connectivity index (χ1n) is 12.1. The van der Waals surface area contributed by atoms with Crippen LogP contribution in [0.15, 0.2) is 42.6 Å². The first-order valence-corrected chi connectivity index (χ1v) is 12.1. The summed E-state index contributed by atoms with van der Waals surface area (Å²) in [5, 5.41) is 3.69. The number of nitrogens with zero attached hydrogens (tertiary/aromatic N) is 2. The van der Waals surface area contributed by atoms with Gasteiger partial charge >= 0.3 is 0 Å². The molecule has 2 aliphatic rings. The lowest BCUT2D eigenvalue weighted by Gasteiger charge is -2.19. The van der Waals surface area contributed by atoms with E-state index in [1.165, 1.54) is 31.3 Å². The van der Waals surface area contributed by atoms with Gasteiger partial charge in [-0.1, -0.05) is 12.8 Å². The van der Waals surface area contributed by atoms with Crippen molar-refractivity contribution in [3.05, 3.63) is 48.4 Å². The van der Waals surface area contributed by atoms with Crippen molar-refractivity contribution < 1.29 is 28.2 Å². The molecule has 1 aliphatic carbocycles. The van der Waals surface area contributed by atoms with E-state index in [1.807, 2.05) is 0 Å². The normalized spacial score (nSPS) is 18.0. The molecule has 2 fully saturated rings. The molecule has 9 heteroatoms. The van der Waals surface area contributed by atoms with Crippen molar-refractivity contribution in [3.63, 3.8) is 0 Å². The number of amides is 2. The summed E-state index contributed by atoms with van der Waals surface area (Å²) in [4.78, 5) is 31.1. The predicted molar refractivity (Wildman–Crippen MR) is 132 cm³/mol. The molecule has 8 nitrogen and oxygen atoms in total. The van der Waals surface area contributed by atoms with Gasteiger partial charge in [0.2, 0.25) is 11.8 Å². The molecule has 2 heterocycles. The van der Waals surface area contributed by atoms with Gasteiger partial charge in [-0.2, -0.15) is 0 Å². The molecule has 0 radical (unpaired) electrons. The second-order valence-electron chi connectivity index (χ2n) is 9.15. The van der Waals surface area contributed by atoms with E-state index in [0.717, 1.165) is 25.7 Å². The average Bonchev–Trinajstić information content (AvgIpc) is 3.54. The molecule has 1 unspecified atom stereocenters. The van der Waals surface area contributed by atoms with E-state index < -0.39 is 11.7 Å². The predicted octanol–water partition coefficient (Wildman–Crippen LogP) is 4.60. The topological polar surface area (TPSA) is 90.0 Å². The summed E-state index contributed by atoms with van der Waals surface area (Å²) >= 11 is 0. The second kappa shape index (κ2) is 10.0. The molecule has 36 heavy (non-hydrogen) atoms. The zero-order valence-corrected chi connectivity index (χ0v) is 20.3. The van der Waals surface area contributed by atoms with Gasteiger partial charge in [0.1, 0.15) is 5.75 Å². The van der Waals surface area contributed by atoms with Crippen molar-refractivity contribution in [2.45, 2.75) is 38.1 Å². The van der Waals surface area contributed by atoms with E-state index in [2.05, 4.69) is 10.3 Å². The summed E-state index contributed by atoms with van der Waals surface area (Å²) in [7, 11) is 3.07. The molecule has 1 saturated heterocycles. The maximum Gasteiger partial charge on any atom is 0.227 e. The van der Waals surface area contributed by atoms with E-state index in [1.54, 1.807) is 30.5 Å². The van der Waals surface area contributed by atoms with Gasteiger partial charge in [0.05, 0.1) is 25.7 Å². The standard InChI is InChI=1S/C27H28FN3O5/c1-34-24-13-19-21(14-25(24)35-2)29-10-9-22(19)36-23-8-7-18(12-20(23)28)31-15-16(11-26(31)32)27(33)30-17-5-3-4-6-17/h7-10,12-14,16-17H,3-6,11,15H2,1-2H3,(H,30,33). The van der Waals surface area contributed by atoms with Gasteiger partial charge in [0.25, 0.3) is 0 Å². The van der Waals surface area contributed by atoms with Crippen LogP contribution in [0.1, 0.15) is 32.1 Å². The molecule has 1 aromatic heterocycles. The summed E-state index contributed by atoms with van der Waals surface area (Å²) in [6, 6.07) is 9.65. The zero-order valence-electron chi connectivity index (χ0n) is 20.3. The SMILES string of the molecule is COc1cc2nccc(Oc3ccc(N4CC(C(=O)NC5CCCC5)CC4=O)cc3F)c2cc1OC. The molecule has 1 saturated carbocycles. The number of halogens is 1. The Hall–Kier alpha value is -3.88. The number of benzene rings is 2. The number of nitrogens with one attached hydrogen (secondary N) is 1. The summed E-state index contributed by atoms with van der Waals surface area (Å²) < 4.78 is 31.7. The smallest absolute Gasteiger partial charge is 0.227 e. The molecule has 2 aromatic carbocycles. The number of carbonyl (C=O) groups is 2. The van der Waals surface area contributed by atoms with Crippen molar-refractivity contribution in [3.8, 4) is 23.0 Å². The minimum atomic E-state index is -0.621. The lowest BCUT2D eigenvalue weighted by atomic mass is 10.1. The number of fused-ring (bicyclic) bond motifs is 1. The maximum atomic E-state index is 15.1. The van der Waals surface area contributed by atoms with Gasteiger partial charge in [-0.3, -0.25) is 14.6 Å². The zero-order chi connectivity index (χ0) is 25.2. The number of ether oxygens (including phenoxy) is 3. The third kappa shape index (κ3) is 4.65. The first-order chi connectivity index (χ1) is 17.5. The van der Waals surface area contributed by atoms with Crippen LogP contribution in [-0.2, 0) is 9.59 Å². The van der Waals surface area contributed by atoms with Crippen molar-refractivity contribution in [1.82, 2.24) is 10.3 Å². The summed E-state index contributed by atoms with van der Waals surface area (Å²) in [6.45, 7) is 0.230. The highest BCUT2D eigenvalue weighted by Crippen LogP contribution is 2.38. The fourth-order valence-corrected chi connectivity index (χ4v) is 4.92. The van der Waals surface area contributed by atoms with Crippen LogP contribution in [0.2, 0.25) is 0 Å². The molecule has 1 atom stereocenters. The Morgan fingerprint density at radius 3 is 2.50 bits per heavy atom. The van der Waals surface area contributed by atoms with Crippen LogP contribution in [0.5, 0.6) is 23.0 Å². The Morgan fingerprint density at radius 1 is 1.03 bits per heavy atom. The molecular formula is C27H28FN3O5. The van der Waals surface area contributed by atoms with Crippen LogP contribution >= 0.6 is 0 Å². The van der Waals surface area contributed by atoms with Crippen molar-refractivity contribution in [1.29, 1.82) is 0 Å². The third-order valence-corrected chi connectivity index (χ3v) is 6.85. The quantitative estimate of drug-likeness (QED) is 0.518. The molecule has 5 rings (SSSR count). The Morgan fingerprint density at radius 2 is 1.78 bits per heavy atom. The summed E-state index contributed by atoms with van der Waals surface area (Å²) in [5.41, 5.74) is 0.999. The molecule has 1 aliphatic heterocycles.